The van der Waals surface area contributed by atoms with Crippen molar-refractivity contribution in [1.29, 1.82) is 0 Å². The molecule has 0 aliphatic heterocycles. The molecule has 2 heterocycles. The van der Waals surface area contributed by atoms with Gasteiger partial charge in [-0.05, 0) is 23.8 Å². The molecule has 6 nitrogen and oxygen atoms in total. The van der Waals surface area contributed by atoms with Gasteiger partial charge in [0.15, 0.2) is 0 Å². The molecule has 0 amide bonds. The maximum atomic E-state index is 9.30. The van der Waals surface area contributed by atoms with Crippen LogP contribution in [0.1, 0.15) is 11.1 Å². The van der Waals surface area contributed by atoms with E-state index in [0.717, 1.165) is 16.8 Å². The maximum absolute atomic E-state index is 9.30. The number of nitrogens with zero attached hydrogens (tertiary/aromatic N) is 3. The minimum atomic E-state index is -0.0181. The Morgan fingerprint density at radius 1 is 0.957 bits per heavy atom. The molecule has 23 heavy (non-hydrogen) atoms. The van der Waals surface area contributed by atoms with Crippen molar-refractivity contribution in [3.05, 3.63) is 72.4 Å². The molecule has 2 N–H and O–H groups in total. The van der Waals surface area contributed by atoms with E-state index < -0.39 is 0 Å². The number of hydrogen-bond acceptors (Lipinski definition) is 6. The summed E-state index contributed by atoms with van der Waals surface area (Å²) in [7, 11) is 0. The summed E-state index contributed by atoms with van der Waals surface area (Å²) in [5.41, 5.74) is 2.74. The van der Waals surface area contributed by atoms with Gasteiger partial charge in [0.1, 0.15) is 5.75 Å². The van der Waals surface area contributed by atoms with Crippen molar-refractivity contribution in [2.75, 3.05) is 5.32 Å². The lowest BCUT2D eigenvalue weighted by Gasteiger charge is -2.10. The van der Waals surface area contributed by atoms with E-state index in [1.54, 1.807) is 37.1 Å². The van der Waals surface area contributed by atoms with Crippen molar-refractivity contribution >= 4 is 5.69 Å². The van der Waals surface area contributed by atoms with Crippen molar-refractivity contribution < 1.29 is 9.84 Å². The van der Waals surface area contributed by atoms with E-state index in [9.17, 15) is 5.11 Å². The number of aromatic nitrogens is 3. The molecule has 1 aromatic carbocycles. The highest BCUT2D eigenvalue weighted by molar-refractivity contribution is 5.49. The SMILES string of the molecule is OCc1ccncc1NCc1ccc(Oc2cnccn2)cc1. The summed E-state index contributed by atoms with van der Waals surface area (Å²) in [6.07, 6.45) is 8.11. The predicted molar refractivity (Wildman–Crippen MR) is 86.0 cm³/mol. The Kier molecular flexibility index (Phi) is 4.76. The van der Waals surface area contributed by atoms with E-state index in [4.69, 9.17) is 4.74 Å². The average Bonchev–Trinajstić information content (AvgIpc) is 2.62. The van der Waals surface area contributed by atoms with Crippen LogP contribution in [0.25, 0.3) is 0 Å². The third kappa shape index (κ3) is 4.02. The van der Waals surface area contributed by atoms with Crippen LogP contribution >= 0.6 is 0 Å². The molecule has 2 aromatic heterocycles. The topological polar surface area (TPSA) is 80.2 Å². The molecule has 0 aliphatic carbocycles. The third-order valence-electron chi connectivity index (χ3n) is 3.25. The van der Waals surface area contributed by atoms with Crippen LogP contribution in [-0.2, 0) is 13.2 Å². The summed E-state index contributed by atoms with van der Waals surface area (Å²) < 4.78 is 5.60. The second-order valence-corrected chi connectivity index (χ2v) is 4.83. The fourth-order valence-corrected chi connectivity index (χ4v) is 2.05. The summed E-state index contributed by atoms with van der Waals surface area (Å²) in [6, 6.07) is 9.48. The number of hydrogen-bond donors (Lipinski definition) is 2. The minimum Gasteiger partial charge on any atom is -0.438 e. The number of pyridine rings is 1. The quantitative estimate of drug-likeness (QED) is 0.729. The molecular weight excluding hydrogens is 292 g/mol. The molecule has 0 atom stereocenters. The second kappa shape index (κ2) is 7.33. The highest BCUT2D eigenvalue weighted by atomic mass is 16.5. The van der Waals surface area contributed by atoms with Crippen LogP contribution in [0.5, 0.6) is 11.6 Å². The van der Waals surface area contributed by atoms with E-state index >= 15 is 0 Å². The Bertz CT molecular complexity index is 748. The van der Waals surface area contributed by atoms with Crippen molar-refractivity contribution in [2.45, 2.75) is 13.2 Å². The second-order valence-electron chi connectivity index (χ2n) is 4.83. The number of nitrogens with one attached hydrogen (secondary N) is 1. The Balaban J connectivity index is 1.61. The van der Waals surface area contributed by atoms with Crippen molar-refractivity contribution in [3.63, 3.8) is 0 Å². The Morgan fingerprint density at radius 3 is 2.52 bits per heavy atom. The van der Waals surface area contributed by atoms with Gasteiger partial charge in [-0.15, -0.1) is 0 Å². The lowest BCUT2D eigenvalue weighted by Crippen LogP contribution is -2.03. The number of ether oxygens (including phenoxy) is 1. The average molecular weight is 308 g/mol. The predicted octanol–water partition coefficient (Wildman–Crippen LogP) is 2.77. The van der Waals surface area contributed by atoms with Crippen LogP contribution in [0.15, 0.2) is 61.3 Å². The van der Waals surface area contributed by atoms with E-state index in [-0.39, 0.29) is 6.61 Å². The zero-order valence-electron chi connectivity index (χ0n) is 12.4. The number of aliphatic hydroxyl groups is 1. The Labute approximate surface area is 133 Å². The largest absolute Gasteiger partial charge is 0.438 e. The third-order valence-corrected chi connectivity index (χ3v) is 3.25. The molecule has 0 bridgehead atoms. The molecule has 0 radical (unpaired) electrons. The van der Waals surface area contributed by atoms with Gasteiger partial charge in [-0.2, -0.15) is 0 Å². The fraction of sp³-hybridized carbons (Fsp3) is 0.118. The minimum absolute atomic E-state index is 0.0181. The van der Waals surface area contributed by atoms with Gasteiger partial charge in [0.2, 0.25) is 5.88 Å². The lowest BCUT2D eigenvalue weighted by molar-refractivity contribution is 0.282. The van der Waals surface area contributed by atoms with Crippen LogP contribution in [0.2, 0.25) is 0 Å². The summed E-state index contributed by atoms with van der Waals surface area (Å²) in [6.45, 7) is 0.611. The van der Waals surface area contributed by atoms with Crippen molar-refractivity contribution in [3.8, 4) is 11.6 Å². The zero-order valence-corrected chi connectivity index (χ0v) is 12.4. The zero-order chi connectivity index (χ0) is 15.9. The van der Waals surface area contributed by atoms with Crippen molar-refractivity contribution in [1.82, 2.24) is 15.0 Å². The number of rotatable bonds is 6. The molecule has 116 valence electrons. The molecule has 0 fully saturated rings. The highest BCUT2D eigenvalue weighted by Gasteiger charge is 2.02. The Morgan fingerprint density at radius 2 is 1.78 bits per heavy atom. The fourth-order valence-electron chi connectivity index (χ4n) is 2.05. The smallest absolute Gasteiger partial charge is 0.237 e. The maximum Gasteiger partial charge on any atom is 0.237 e. The van der Waals surface area contributed by atoms with Gasteiger partial charge in [0.25, 0.3) is 0 Å². The summed E-state index contributed by atoms with van der Waals surface area (Å²) in [5, 5.41) is 12.6. The number of anilines is 1. The van der Waals surface area contributed by atoms with Crippen LogP contribution in [0.3, 0.4) is 0 Å². The molecule has 0 saturated carbocycles. The summed E-state index contributed by atoms with van der Waals surface area (Å²) >= 11 is 0. The molecular formula is C17H16N4O2. The van der Waals surface area contributed by atoms with Crippen LogP contribution < -0.4 is 10.1 Å². The van der Waals surface area contributed by atoms with Gasteiger partial charge in [0, 0.05) is 30.7 Å². The van der Waals surface area contributed by atoms with E-state index in [1.807, 2.05) is 24.3 Å². The van der Waals surface area contributed by atoms with E-state index in [0.29, 0.717) is 18.2 Å². The van der Waals surface area contributed by atoms with E-state index in [1.165, 1.54) is 0 Å². The van der Waals surface area contributed by atoms with Gasteiger partial charge in [0.05, 0.1) is 24.7 Å². The van der Waals surface area contributed by atoms with Gasteiger partial charge < -0.3 is 15.2 Å². The van der Waals surface area contributed by atoms with Gasteiger partial charge >= 0.3 is 0 Å². The number of benzene rings is 1. The molecule has 3 aromatic rings. The molecule has 0 unspecified atom stereocenters. The highest BCUT2D eigenvalue weighted by Crippen LogP contribution is 2.20. The first-order valence-corrected chi connectivity index (χ1v) is 7.15. The normalized spacial score (nSPS) is 10.3. The standard InChI is InChI=1S/C17H16N4O2/c22-12-14-5-6-18-10-16(14)21-9-13-1-3-15(4-2-13)23-17-11-19-7-8-20-17/h1-8,10-11,21-22H,9,12H2. The van der Waals surface area contributed by atoms with Gasteiger partial charge in [-0.3, -0.25) is 9.97 Å². The monoisotopic (exact) mass is 308 g/mol. The van der Waals surface area contributed by atoms with Crippen LogP contribution in [0.4, 0.5) is 5.69 Å². The molecule has 0 saturated heterocycles. The van der Waals surface area contributed by atoms with Crippen molar-refractivity contribution in [2.24, 2.45) is 0 Å². The molecule has 3 rings (SSSR count). The first-order valence-electron chi connectivity index (χ1n) is 7.15. The lowest BCUT2D eigenvalue weighted by atomic mass is 10.2. The summed E-state index contributed by atoms with van der Waals surface area (Å²) in [4.78, 5) is 12.1. The first-order chi connectivity index (χ1) is 11.3. The molecule has 6 heteroatoms. The summed E-state index contributed by atoms with van der Waals surface area (Å²) in [5.74, 6) is 1.16. The van der Waals surface area contributed by atoms with Crippen LogP contribution in [0, 0.1) is 0 Å². The van der Waals surface area contributed by atoms with E-state index in [2.05, 4.69) is 20.3 Å². The number of aliphatic hydroxyl groups excluding tert-OH is 1. The van der Waals surface area contributed by atoms with Gasteiger partial charge in [-0.25, -0.2) is 4.98 Å². The van der Waals surface area contributed by atoms with Crippen LogP contribution in [-0.4, -0.2) is 20.1 Å². The Hall–Kier alpha value is -2.99. The molecule has 0 spiro atoms. The first kappa shape index (κ1) is 14.9. The van der Waals surface area contributed by atoms with Gasteiger partial charge in [-0.1, -0.05) is 12.1 Å². The molecule has 0 aliphatic rings.